The van der Waals surface area contributed by atoms with Gasteiger partial charge in [0.2, 0.25) is 0 Å². The molecule has 0 bridgehead atoms. The monoisotopic (exact) mass is 365 g/mol. The molecule has 0 spiro atoms. The van der Waals surface area contributed by atoms with Crippen LogP contribution in [0.5, 0.6) is 5.75 Å². The van der Waals surface area contributed by atoms with E-state index in [0.717, 1.165) is 10.1 Å². The van der Waals surface area contributed by atoms with Crippen LogP contribution >= 0.6 is 11.8 Å². The Labute approximate surface area is 147 Å². The summed E-state index contributed by atoms with van der Waals surface area (Å²) in [5, 5.41) is 9.11. The highest BCUT2D eigenvalue weighted by Crippen LogP contribution is 2.31. The molecule has 0 unspecified atom stereocenters. The largest absolute Gasteiger partial charge is 0.496 e. The first-order valence-corrected chi connectivity index (χ1v) is 8.63. The van der Waals surface area contributed by atoms with Gasteiger partial charge in [-0.05, 0) is 19.1 Å². The van der Waals surface area contributed by atoms with Gasteiger partial charge in [-0.2, -0.15) is 8.78 Å². The molecular weight excluding hydrogens is 348 g/mol. The second kappa shape index (κ2) is 7.64. The smallest absolute Gasteiger partial charge is 0.319 e. The average Bonchev–Trinajstić information content (AvgIpc) is 3.26. The van der Waals surface area contributed by atoms with Crippen molar-refractivity contribution in [3.8, 4) is 17.1 Å². The van der Waals surface area contributed by atoms with Crippen LogP contribution in [0.4, 0.5) is 8.78 Å². The lowest BCUT2D eigenvalue weighted by Gasteiger charge is -2.10. The highest BCUT2D eigenvalue weighted by molar-refractivity contribution is 7.98. The first kappa shape index (κ1) is 17.4. The van der Waals surface area contributed by atoms with Crippen molar-refractivity contribution in [2.24, 2.45) is 0 Å². The summed E-state index contributed by atoms with van der Waals surface area (Å²) in [6, 6.07) is 7.55. The van der Waals surface area contributed by atoms with Gasteiger partial charge in [0, 0.05) is 18.9 Å². The van der Waals surface area contributed by atoms with Gasteiger partial charge in [0.1, 0.15) is 11.6 Å². The summed E-state index contributed by atoms with van der Waals surface area (Å²) in [4.78, 5) is 3.99. The Bertz CT molecular complexity index is 849. The zero-order valence-corrected chi connectivity index (χ0v) is 14.6. The number of nitrogens with zero attached hydrogens (tertiary/aromatic N) is 5. The van der Waals surface area contributed by atoms with Crippen LogP contribution in [0.15, 0.2) is 41.8 Å². The number of rotatable bonds is 7. The van der Waals surface area contributed by atoms with Crippen LogP contribution in [0.3, 0.4) is 0 Å². The molecule has 0 aliphatic carbocycles. The minimum Gasteiger partial charge on any atom is -0.496 e. The molecule has 2 aromatic heterocycles. The third-order valence-electron chi connectivity index (χ3n) is 3.67. The highest BCUT2D eigenvalue weighted by atomic mass is 32.2. The molecule has 2 heterocycles. The van der Waals surface area contributed by atoms with Crippen molar-refractivity contribution < 1.29 is 13.5 Å². The molecule has 0 N–H and O–H groups in total. The molecule has 9 heteroatoms. The number of hydrogen-bond donors (Lipinski definition) is 0. The Balaban J connectivity index is 1.86. The fourth-order valence-corrected chi connectivity index (χ4v) is 3.42. The normalized spacial score (nSPS) is 11.2. The molecule has 3 rings (SSSR count). The fourth-order valence-electron chi connectivity index (χ4n) is 2.47. The van der Waals surface area contributed by atoms with Gasteiger partial charge in [0.25, 0.3) is 0 Å². The van der Waals surface area contributed by atoms with Crippen molar-refractivity contribution >= 4 is 11.8 Å². The molecule has 25 heavy (non-hydrogen) atoms. The molecule has 0 radical (unpaired) electrons. The van der Waals surface area contributed by atoms with Gasteiger partial charge in [-0.3, -0.25) is 4.57 Å². The predicted molar refractivity (Wildman–Crippen MR) is 90.7 cm³/mol. The number of para-hydroxylation sites is 1. The molecule has 0 fully saturated rings. The molecule has 3 aromatic rings. The molecule has 0 saturated carbocycles. The quantitative estimate of drug-likeness (QED) is 0.595. The first-order chi connectivity index (χ1) is 12.2. The van der Waals surface area contributed by atoms with Gasteiger partial charge in [0.05, 0.1) is 18.4 Å². The van der Waals surface area contributed by atoms with E-state index in [1.807, 2.05) is 35.8 Å². The molecular formula is C16H17F2N5OS. The van der Waals surface area contributed by atoms with Crippen molar-refractivity contribution in [1.29, 1.82) is 0 Å². The maximum atomic E-state index is 12.9. The Kier molecular flexibility index (Phi) is 5.32. The van der Waals surface area contributed by atoms with E-state index < -0.39 is 6.55 Å². The second-order valence-corrected chi connectivity index (χ2v) is 6.01. The SMILES string of the molecule is CCn1c(SCc2nccn2C(F)F)nnc1-c1ccccc1OC. The number of benzene rings is 1. The van der Waals surface area contributed by atoms with Gasteiger partial charge < -0.3 is 9.30 Å². The number of thioether (sulfide) groups is 1. The fraction of sp³-hybridized carbons (Fsp3) is 0.312. The highest BCUT2D eigenvalue weighted by Gasteiger charge is 2.18. The Hall–Kier alpha value is -2.42. The maximum Gasteiger partial charge on any atom is 0.319 e. The molecule has 0 amide bonds. The zero-order valence-electron chi connectivity index (χ0n) is 13.8. The second-order valence-electron chi connectivity index (χ2n) is 5.07. The van der Waals surface area contributed by atoms with Crippen LogP contribution in [0.25, 0.3) is 11.4 Å². The van der Waals surface area contributed by atoms with Crippen molar-refractivity contribution in [2.75, 3.05) is 7.11 Å². The lowest BCUT2D eigenvalue weighted by atomic mass is 10.2. The van der Waals surface area contributed by atoms with E-state index in [2.05, 4.69) is 15.2 Å². The van der Waals surface area contributed by atoms with E-state index in [9.17, 15) is 8.78 Å². The van der Waals surface area contributed by atoms with Gasteiger partial charge >= 0.3 is 6.55 Å². The maximum absolute atomic E-state index is 12.9. The first-order valence-electron chi connectivity index (χ1n) is 7.65. The van der Waals surface area contributed by atoms with Crippen LogP contribution in [-0.2, 0) is 12.3 Å². The third kappa shape index (κ3) is 3.51. The summed E-state index contributed by atoms with van der Waals surface area (Å²) in [7, 11) is 1.60. The minimum atomic E-state index is -2.61. The number of hydrogen-bond acceptors (Lipinski definition) is 5. The van der Waals surface area contributed by atoms with Crippen molar-refractivity contribution in [3.63, 3.8) is 0 Å². The molecule has 132 valence electrons. The summed E-state index contributed by atoms with van der Waals surface area (Å²) in [6.45, 7) is 0.0182. The molecule has 0 saturated heterocycles. The van der Waals surface area contributed by atoms with Crippen LogP contribution in [0.2, 0.25) is 0 Å². The number of methoxy groups -OCH3 is 1. The van der Waals surface area contributed by atoms with E-state index in [0.29, 0.717) is 29.1 Å². The number of ether oxygens (including phenoxy) is 1. The summed E-state index contributed by atoms with van der Waals surface area (Å²) in [5.41, 5.74) is 0.834. The molecule has 6 nitrogen and oxygen atoms in total. The molecule has 0 aliphatic rings. The number of imidazole rings is 1. The summed E-state index contributed by atoms with van der Waals surface area (Å²) in [5.74, 6) is 1.96. The van der Waals surface area contributed by atoms with E-state index in [4.69, 9.17) is 4.74 Å². The summed E-state index contributed by atoms with van der Waals surface area (Å²) in [6.07, 6.45) is 2.64. The van der Waals surface area contributed by atoms with Crippen LogP contribution in [0.1, 0.15) is 19.3 Å². The van der Waals surface area contributed by atoms with Gasteiger partial charge in [0.15, 0.2) is 11.0 Å². The molecule has 0 aliphatic heterocycles. The zero-order chi connectivity index (χ0) is 17.8. The van der Waals surface area contributed by atoms with Gasteiger partial charge in [-0.15, -0.1) is 10.2 Å². The van der Waals surface area contributed by atoms with E-state index in [1.54, 1.807) is 7.11 Å². The lowest BCUT2D eigenvalue weighted by Crippen LogP contribution is -2.04. The average molecular weight is 365 g/mol. The Morgan fingerprint density at radius 1 is 1.24 bits per heavy atom. The van der Waals surface area contributed by atoms with Gasteiger partial charge in [-0.1, -0.05) is 23.9 Å². The molecule has 0 atom stereocenters. The number of aromatic nitrogens is 5. The van der Waals surface area contributed by atoms with E-state index in [1.165, 1.54) is 24.2 Å². The Morgan fingerprint density at radius 3 is 2.76 bits per heavy atom. The lowest BCUT2D eigenvalue weighted by molar-refractivity contribution is 0.0678. The van der Waals surface area contributed by atoms with E-state index in [-0.39, 0.29) is 5.75 Å². The summed E-state index contributed by atoms with van der Waals surface area (Å²) < 4.78 is 34.0. The van der Waals surface area contributed by atoms with Crippen LogP contribution in [-0.4, -0.2) is 31.4 Å². The standard InChI is InChI=1S/C16H17F2N5OS/c1-3-22-14(11-6-4-5-7-12(11)24-2)20-21-16(22)25-10-13-19-8-9-23(13)15(17)18/h4-9,15H,3,10H2,1-2H3. The topological polar surface area (TPSA) is 57.8 Å². The third-order valence-corrected chi connectivity index (χ3v) is 4.63. The van der Waals surface area contributed by atoms with E-state index >= 15 is 0 Å². The van der Waals surface area contributed by atoms with Gasteiger partial charge in [-0.25, -0.2) is 4.98 Å². The number of halogens is 2. The van der Waals surface area contributed by atoms with Crippen LogP contribution < -0.4 is 4.74 Å². The predicted octanol–water partition coefficient (Wildman–Crippen LogP) is 3.86. The Morgan fingerprint density at radius 2 is 2.04 bits per heavy atom. The summed E-state index contributed by atoms with van der Waals surface area (Å²) >= 11 is 1.32. The minimum absolute atomic E-state index is 0.279. The van der Waals surface area contributed by atoms with Crippen molar-refractivity contribution in [2.45, 2.75) is 30.9 Å². The van der Waals surface area contributed by atoms with Crippen molar-refractivity contribution in [3.05, 3.63) is 42.5 Å². The molecule has 1 aromatic carbocycles. The number of alkyl halides is 2. The van der Waals surface area contributed by atoms with Crippen molar-refractivity contribution in [1.82, 2.24) is 24.3 Å². The van der Waals surface area contributed by atoms with Crippen LogP contribution in [0, 0.1) is 0 Å².